The third kappa shape index (κ3) is 4.60. The molecular weight excluding hydrogens is 355 g/mol. The van der Waals surface area contributed by atoms with E-state index in [1.165, 1.54) is 50.7 Å². The Bertz CT molecular complexity index is 452. The Balaban J connectivity index is 0.00000176. The van der Waals surface area contributed by atoms with Crippen LogP contribution in [0, 0.1) is 35.5 Å². The minimum Gasteiger partial charge on any atom is -0.236 e. The molecule has 1 radical (unpaired) electrons. The average Bonchev–Trinajstić information content (AvgIpc) is 2.47. The summed E-state index contributed by atoms with van der Waals surface area (Å²) in [5.74, 6) is 1.87. The smallest absolute Gasteiger partial charge is 0.0139 e. The Morgan fingerprint density at radius 3 is 1.77 bits per heavy atom. The first-order chi connectivity index (χ1) is 10.1. The number of hydrogen-bond donors (Lipinski definition) is 0. The van der Waals surface area contributed by atoms with Gasteiger partial charge in [0.05, 0.1) is 0 Å². The minimum absolute atomic E-state index is 0. The van der Waals surface area contributed by atoms with Crippen molar-refractivity contribution in [3.8, 4) is 0 Å². The fourth-order valence-electron chi connectivity index (χ4n) is 4.44. The van der Waals surface area contributed by atoms with Crippen LogP contribution in [0.4, 0.5) is 8.78 Å². The van der Waals surface area contributed by atoms with Gasteiger partial charge in [-0.3, -0.25) is 0 Å². The molecule has 0 aliphatic heterocycles. The summed E-state index contributed by atoms with van der Waals surface area (Å²) in [6.07, 6.45) is 10.2. The molecule has 0 nitrogen and oxygen atoms in total. The first-order valence-corrected chi connectivity index (χ1v) is 8.50. The molecule has 22 heavy (non-hydrogen) atoms. The van der Waals surface area contributed by atoms with Crippen molar-refractivity contribution in [2.24, 2.45) is 17.8 Å². The van der Waals surface area contributed by atoms with Crippen molar-refractivity contribution in [1.29, 1.82) is 0 Å². The second-order valence-corrected chi connectivity index (χ2v) is 7.24. The van der Waals surface area contributed by atoms with Crippen LogP contribution in [0.1, 0.15) is 69.8 Å². The van der Waals surface area contributed by atoms with Crippen LogP contribution in [0.2, 0.25) is 0 Å². The summed E-state index contributed by atoms with van der Waals surface area (Å²) >= 11 is 0. The van der Waals surface area contributed by atoms with Crippen LogP contribution < -0.4 is 0 Å². The van der Waals surface area contributed by atoms with Crippen molar-refractivity contribution < 1.29 is 41.5 Å². The molecule has 0 unspecified atom stereocenters. The van der Waals surface area contributed by atoms with E-state index in [0.717, 1.165) is 36.2 Å². The summed E-state index contributed by atoms with van der Waals surface area (Å²) in [5.41, 5.74) is 0.833. The molecule has 0 atom stereocenters. The van der Waals surface area contributed by atoms with Crippen LogP contribution in [0.5, 0.6) is 0 Å². The average molecular weight is 380 g/mol. The monoisotopic (exact) mass is 380 g/mol. The number of hydrogen-bond acceptors (Lipinski definition) is 0. The van der Waals surface area contributed by atoms with E-state index in [9.17, 15) is 8.78 Å². The van der Waals surface area contributed by atoms with Gasteiger partial charge in [-0.25, -0.2) is 8.78 Å². The van der Waals surface area contributed by atoms with Crippen molar-refractivity contribution in [2.75, 3.05) is 0 Å². The molecule has 1 aromatic carbocycles. The molecule has 0 saturated heterocycles. The molecule has 0 amide bonds. The molecule has 2 aliphatic rings. The summed E-state index contributed by atoms with van der Waals surface area (Å²) in [5, 5.41) is 0. The predicted molar refractivity (Wildman–Crippen MR) is 81.0 cm³/mol. The van der Waals surface area contributed by atoms with Crippen LogP contribution in [-0.4, -0.2) is 0 Å². The SMILES string of the molecule is CC1CCC(C2CCC(c3cc(F)[c-]c(F)c3)CC2)CC1.[Y]. The second-order valence-electron chi connectivity index (χ2n) is 7.24. The molecule has 2 saturated carbocycles. The van der Waals surface area contributed by atoms with E-state index in [1.807, 2.05) is 0 Å². The Labute approximate surface area is 158 Å². The van der Waals surface area contributed by atoms with Crippen LogP contribution >= 0.6 is 0 Å². The second kappa shape index (κ2) is 8.33. The summed E-state index contributed by atoms with van der Waals surface area (Å²) in [7, 11) is 0. The van der Waals surface area contributed by atoms with Crippen molar-refractivity contribution in [1.82, 2.24) is 0 Å². The van der Waals surface area contributed by atoms with E-state index in [4.69, 9.17) is 0 Å². The number of rotatable bonds is 2. The van der Waals surface area contributed by atoms with E-state index in [1.54, 1.807) is 0 Å². The van der Waals surface area contributed by atoms with E-state index < -0.39 is 11.6 Å². The quantitative estimate of drug-likeness (QED) is 0.564. The third-order valence-corrected chi connectivity index (χ3v) is 5.80. The summed E-state index contributed by atoms with van der Waals surface area (Å²) in [4.78, 5) is 0. The van der Waals surface area contributed by atoms with Crippen molar-refractivity contribution in [2.45, 2.75) is 64.2 Å². The molecule has 3 heteroatoms. The molecule has 2 fully saturated rings. The molecular formula is C19H25F2Y-. The Morgan fingerprint density at radius 2 is 1.27 bits per heavy atom. The van der Waals surface area contributed by atoms with Gasteiger partial charge in [-0.2, -0.15) is 0 Å². The number of benzene rings is 1. The van der Waals surface area contributed by atoms with Gasteiger partial charge in [0.15, 0.2) is 0 Å². The summed E-state index contributed by atoms with van der Waals surface area (Å²) in [6.45, 7) is 2.36. The van der Waals surface area contributed by atoms with Gasteiger partial charge >= 0.3 is 0 Å². The maximum absolute atomic E-state index is 13.3. The van der Waals surface area contributed by atoms with Gasteiger partial charge in [0, 0.05) is 44.3 Å². The maximum Gasteiger partial charge on any atom is 0.0139 e. The van der Waals surface area contributed by atoms with Crippen molar-refractivity contribution >= 4 is 0 Å². The van der Waals surface area contributed by atoms with Crippen LogP contribution in [0.15, 0.2) is 12.1 Å². The molecule has 0 aromatic heterocycles. The van der Waals surface area contributed by atoms with Gasteiger partial charge in [0.2, 0.25) is 0 Å². The molecule has 119 valence electrons. The van der Waals surface area contributed by atoms with Crippen molar-refractivity contribution in [3.63, 3.8) is 0 Å². The zero-order chi connectivity index (χ0) is 14.8. The fourth-order valence-corrected chi connectivity index (χ4v) is 4.44. The maximum atomic E-state index is 13.3. The molecule has 0 bridgehead atoms. The Morgan fingerprint density at radius 1 is 0.818 bits per heavy atom. The topological polar surface area (TPSA) is 0 Å². The van der Waals surface area contributed by atoms with Gasteiger partial charge in [-0.15, -0.1) is 23.8 Å². The molecule has 0 N–H and O–H groups in total. The van der Waals surface area contributed by atoms with Crippen LogP contribution in [0.3, 0.4) is 0 Å². The molecule has 2 aliphatic carbocycles. The fraction of sp³-hybridized carbons (Fsp3) is 0.684. The van der Waals surface area contributed by atoms with E-state index in [0.29, 0.717) is 5.92 Å². The largest absolute Gasteiger partial charge is 0.236 e. The van der Waals surface area contributed by atoms with Gasteiger partial charge < -0.3 is 0 Å². The van der Waals surface area contributed by atoms with Crippen LogP contribution in [0.25, 0.3) is 0 Å². The molecule has 1 aromatic rings. The van der Waals surface area contributed by atoms with Gasteiger partial charge in [-0.1, -0.05) is 19.8 Å². The Kier molecular flexibility index (Phi) is 7.01. The minimum atomic E-state index is -0.562. The van der Waals surface area contributed by atoms with E-state index in [-0.39, 0.29) is 32.7 Å². The Hall–Kier alpha value is 0.184. The van der Waals surface area contributed by atoms with E-state index >= 15 is 0 Å². The number of halogens is 2. The molecule has 3 rings (SSSR count). The first kappa shape index (κ1) is 18.5. The van der Waals surface area contributed by atoms with Crippen molar-refractivity contribution in [3.05, 3.63) is 35.4 Å². The van der Waals surface area contributed by atoms with Gasteiger partial charge in [0.25, 0.3) is 0 Å². The summed E-state index contributed by atoms with van der Waals surface area (Å²) in [6, 6.07) is 5.02. The first-order valence-electron chi connectivity index (χ1n) is 8.50. The molecule has 0 heterocycles. The molecule has 0 spiro atoms. The zero-order valence-electron chi connectivity index (χ0n) is 13.5. The van der Waals surface area contributed by atoms with Gasteiger partial charge in [0.1, 0.15) is 0 Å². The summed E-state index contributed by atoms with van der Waals surface area (Å²) < 4.78 is 26.6. The standard InChI is InChI=1S/C19H25F2.Y/c1-13-2-4-14(5-3-13)15-6-8-16(9-7-15)17-10-18(20)12-19(21)11-17;/h10-11,13-16H,2-9H2,1H3;/q-1;. The van der Waals surface area contributed by atoms with E-state index in [2.05, 4.69) is 13.0 Å². The zero-order valence-corrected chi connectivity index (χ0v) is 16.3. The normalized spacial score (nSPS) is 32.3. The van der Waals surface area contributed by atoms with Gasteiger partial charge in [-0.05, 0) is 62.2 Å². The third-order valence-electron chi connectivity index (χ3n) is 5.80. The predicted octanol–water partition coefficient (Wildman–Crippen LogP) is 5.86. The van der Waals surface area contributed by atoms with Crippen LogP contribution in [-0.2, 0) is 32.7 Å².